The molecule has 0 spiro atoms. The Hall–Kier alpha value is -1.35. The van der Waals surface area contributed by atoms with E-state index in [2.05, 4.69) is 50.4 Å². The number of nitrogens with zero attached hydrogens (tertiary/aromatic N) is 1. The number of nitrogens with one attached hydrogen (secondary N) is 1. The lowest BCUT2D eigenvalue weighted by molar-refractivity contribution is -0.132. The molecule has 0 saturated carbocycles. The van der Waals surface area contributed by atoms with Crippen molar-refractivity contribution in [3.8, 4) is 0 Å². The van der Waals surface area contributed by atoms with Crippen LogP contribution in [0.15, 0.2) is 24.3 Å². The number of benzene rings is 1. The molecular weight excluding hydrogens is 224 g/mol. The lowest BCUT2D eigenvalue weighted by Crippen LogP contribution is -2.51. The van der Waals surface area contributed by atoms with Crippen LogP contribution >= 0.6 is 0 Å². The van der Waals surface area contributed by atoms with Gasteiger partial charge in [0.1, 0.15) is 0 Å². The van der Waals surface area contributed by atoms with E-state index in [4.69, 9.17) is 0 Å². The minimum Gasteiger partial charge on any atom is -0.339 e. The predicted octanol–water partition coefficient (Wildman–Crippen LogP) is 1.70. The SMILES string of the molecule is Cc1ccc(C(C)(C)CN2CCNCC2=O)cc1. The molecule has 0 unspecified atom stereocenters. The van der Waals surface area contributed by atoms with Gasteiger partial charge in [-0.1, -0.05) is 43.7 Å². The summed E-state index contributed by atoms with van der Waals surface area (Å²) in [6.45, 7) is 9.47. The van der Waals surface area contributed by atoms with Gasteiger partial charge in [-0.25, -0.2) is 0 Å². The van der Waals surface area contributed by atoms with Crippen LogP contribution in [-0.4, -0.2) is 37.0 Å². The number of rotatable bonds is 3. The van der Waals surface area contributed by atoms with Crippen LogP contribution in [0.2, 0.25) is 0 Å². The Kier molecular flexibility index (Phi) is 3.71. The van der Waals surface area contributed by atoms with Crippen molar-refractivity contribution in [2.75, 3.05) is 26.2 Å². The van der Waals surface area contributed by atoms with Crippen LogP contribution in [0, 0.1) is 6.92 Å². The largest absolute Gasteiger partial charge is 0.339 e. The number of aryl methyl sites for hydroxylation is 1. The molecule has 0 aromatic heterocycles. The summed E-state index contributed by atoms with van der Waals surface area (Å²) in [7, 11) is 0. The highest BCUT2D eigenvalue weighted by Crippen LogP contribution is 2.25. The van der Waals surface area contributed by atoms with Gasteiger partial charge in [0.25, 0.3) is 0 Å². The monoisotopic (exact) mass is 246 g/mol. The van der Waals surface area contributed by atoms with E-state index < -0.39 is 0 Å². The molecule has 2 rings (SSSR count). The molecule has 1 aromatic carbocycles. The predicted molar refractivity (Wildman–Crippen MR) is 73.7 cm³/mol. The molecule has 0 bridgehead atoms. The molecule has 1 aliphatic heterocycles. The van der Waals surface area contributed by atoms with Gasteiger partial charge in [-0.05, 0) is 12.5 Å². The van der Waals surface area contributed by atoms with E-state index in [9.17, 15) is 4.79 Å². The van der Waals surface area contributed by atoms with Gasteiger partial charge in [0, 0.05) is 25.0 Å². The van der Waals surface area contributed by atoms with Crippen molar-refractivity contribution >= 4 is 5.91 Å². The van der Waals surface area contributed by atoms with Crippen LogP contribution in [0.4, 0.5) is 0 Å². The van der Waals surface area contributed by atoms with E-state index in [-0.39, 0.29) is 11.3 Å². The molecular formula is C15H22N2O. The van der Waals surface area contributed by atoms with E-state index in [1.807, 2.05) is 4.90 Å². The Morgan fingerprint density at radius 2 is 1.94 bits per heavy atom. The highest BCUT2D eigenvalue weighted by atomic mass is 16.2. The third kappa shape index (κ3) is 2.91. The standard InChI is InChI=1S/C15H22N2O/c1-12-4-6-13(7-5-12)15(2,3)11-17-9-8-16-10-14(17)18/h4-7,16H,8-11H2,1-3H3. The maximum absolute atomic E-state index is 11.8. The average molecular weight is 246 g/mol. The molecule has 1 fully saturated rings. The van der Waals surface area contributed by atoms with Crippen molar-refractivity contribution in [2.45, 2.75) is 26.2 Å². The van der Waals surface area contributed by atoms with Gasteiger partial charge in [0.2, 0.25) is 5.91 Å². The van der Waals surface area contributed by atoms with Crippen molar-refractivity contribution in [1.82, 2.24) is 10.2 Å². The van der Waals surface area contributed by atoms with Crippen LogP contribution in [0.3, 0.4) is 0 Å². The van der Waals surface area contributed by atoms with Crippen molar-refractivity contribution < 1.29 is 4.79 Å². The van der Waals surface area contributed by atoms with E-state index >= 15 is 0 Å². The van der Waals surface area contributed by atoms with Crippen LogP contribution in [0.5, 0.6) is 0 Å². The Labute approximate surface area is 109 Å². The molecule has 1 N–H and O–H groups in total. The van der Waals surface area contributed by atoms with Gasteiger partial charge >= 0.3 is 0 Å². The third-order valence-electron chi connectivity index (χ3n) is 3.61. The minimum atomic E-state index is 0.000694. The lowest BCUT2D eigenvalue weighted by atomic mass is 9.83. The summed E-state index contributed by atoms with van der Waals surface area (Å²) in [4.78, 5) is 13.8. The van der Waals surface area contributed by atoms with Crippen LogP contribution < -0.4 is 5.32 Å². The molecule has 0 atom stereocenters. The van der Waals surface area contributed by atoms with Gasteiger partial charge in [-0.15, -0.1) is 0 Å². The Morgan fingerprint density at radius 3 is 2.56 bits per heavy atom. The summed E-state index contributed by atoms with van der Waals surface area (Å²) in [6, 6.07) is 8.61. The molecule has 1 aliphatic rings. The number of hydrogen-bond acceptors (Lipinski definition) is 2. The summed E-state index contributed by atoms with van der Waals surface area (Å²) in [5, 5.41) is 3.11. The first kappa shape index (κ1) is 13.1. The highest BCUT2D eigenvalue weighted by molar-refractivity contribution is 5.79. The first-order valence-electron chi connectivity index (χ1n) is 6.55. The summed E-state index contributed by atoms with van der Waals surface area (Å²) in [5.41, 5.74) is 2.56. The quantitative estimate of drug-likeness (QED) is 0.880. The fraction of sp³-hybridized carbons (Fsp3) is 0.533. The van der Waals surface area contributed by atoms with Crippen molar-refractivity contribution in [2.24, 2.45) is 0 Å². The minimum absolute atomic E-state index is 0.000694. The normalized spacial score (nSPS) is 17.1. The van der Waals surface area contributed by atoms with Crippen molar-refractivity contribution in [3.63, 3.8) is 0 Å². The smallest absolute Gasteiger partial charge is 0.236 e. The van der Waals surface area contributed by atoms with Crippen LogP contribution in [-0.2, 0) is 10.2 Å². The molecule has 1 saturated heterocycles. The maximum Gasteiger partial charge on any atom is 0.236 e. The first-order chi connectivity index (χ1) is 8.49. The summed E-state index contributed by atoms with van der Waals surface area (Å²) >= 11 is 0. The van der Waals surface area contributed by atoms with Gasteiger partial charge < -0.3 is 10.2 Å². The zero-order chi connectivity index (χ0) is 13.2. The number of carbonyl (C=O) groups is 1. The number of piperazine rings is 1. The molecule has 1 aromatic rings. The molecule has 1 heterocycles. The van der Waals surface area contributed by atoms with Crippen LogP contribution in [0.25, 0.3) is 0 Å². The molecule has 98 valence electrons. The first-order valence-corrected chi connectivity index (χ1v) is 6.55. The Morgan fingerprint density at radius 1 is 1.28 bits per heavy atom. The molecule has 0 aliphatic carbocycles. The zero-order valence-electron chi connectivity index (χ0n) is 11.5. The number of amides is 1. The van der Waals surface area contributed by atoms with E-state index in [1.165, 1.54) is 11.1 Å². The van der Waals surface area contributed by atoms with Gasteiger partial charge in [0.05, 0.1) is 6.54 Å². The summed E-state index contributed by atoms with van der Waals surface area (Å²) in [6.07, 6.45) is 0. The number of hydrogen-bond donors (Lipinski definition) is 1. The van der Waals surface area contributed by atoms with Crippen molar-refractivity contribution in [1.29, 1.82) is 0 Å². The molecule has 1 amide bonds. The average Bonchev–Trinajstić information content (AvgIpc) is 2.32. The maximum atomic E-state index is 11.8. The topological polar surface area (TPSA) is 32.3 Å². The Balaban J connectivity index is 2.10. The zero-order valence-corrected chi connectivity index (χ0v) is 11.5. The molecule has 18 heavy (non-hydrogen) atoms. The highest BCUT2D eigenvalue weighted by Gasteiger charge is 2.27. The second kappa shape index (κ2) is 5.11. The van der Waals surface area contributed by atoms with Gasteiger partial charge in [-0.2, -0.15) is 0 Å². The van der Waals surface area contributed by atoms with E-state index in [0.717, 1.165) is 19.6 Å². The lowest BCUT2D eigenvalue weighted by Gasteiger charge is -2.35. The van der Waals surface area contributed by atoms with E-state index in [0.29, 0.717) is 6.54 Å². The second-order valence-electron chi connectivity index (χ2n) is 5.74. The fourth-order valence-electron chi connectivity index (χ4n) is 2.39. The second-order valence-corrected chi connectivity index (χ2v) is 5.74. The number of carbonyl (C=O) groups excluding carboxylic acids is 1. The third-order valence-corrected chi connectivity index (χ3v) is 3.61. The van der Waals surface area contributed by atoms with Crippen molar-refractivity contribution in [3.05, 3.63) is 35.4 Å². The van der Waals surface area contributed by atoms with E-state index in [1.54, 1.807) is 0 Å². The Bertz CT molecular complexity index is 423. The van der Waals surface area contributed by atoms with Gasteiger partial charge in [-0.3, -0.25) is 4.79 Å². The molecule has 3 heteroatoms. The molecule has 0 radical (unpaired) electrons. The summed E-state index contributed by atoms with van der Waals surface area (Å²) < 4.78 is 0. The van der Waals surface area contributed by atoms with Crippen LogP contribution in [0.1, 0.15) is 25.0 Å². The summed E-state index contributed by atoms with van der Waals surface area (Å²) in [5.74, 6) is 0.210. The van der Waals surface area contributed by atoms with Gasteiger partial charge in [0.15, 0.2) is 0 Å². The molecule has 3 nitrogen and oxygen atoms in total. The fourth-order valence-corrected chi connectivity index (χ4v) is 2.39.